The van der Waals surface area contributed by atoms with Gasteiger partial charge in [-0.25, -0.2) is 27.8 Å². The van der Waals surface area contributed by atoms with Gasteiger partial charge >= 0.3 is 0 Å². The van der Waals surface area contributed by atoms with E-state index >= 15 is 4.39 Å². The Labute approximate surface area is 206 Å². The summed E-state index contributed by atoms with van der Waals surface area (Å²) in [5.74, 6) is -0.665. The van der Waals surface area contributed by atoms with E-state index in [2.05, 4.69) is 19.8 Å². The van der Waals surface area contributed by atoms with Gasteiger partial charge in [-0.2, -0.15) is 5.10 Å². The molecule has 0 saturated heterocycles. The van der Waals surface area contributed by atoms with E-state index < -0.39 is 15.8 Å². The van der Waals surface area contributed by atoms with Crippen LogP contribution in [-0.4, -0.2) is 33.2 Å². The molecule has 0 radical (unpaired) electrons. The van der Waals surface area contributed by atoms with E-state index in [0.717, 1.165) is 5.01 Å². The number of sulfonamides is 1. The first kappa shape index (κ1) is 25.5. The molecular weight excluding hydrogens is 501 g/mol. The topological polar surface area (TPSA) is 129 Å². The van der Waals surface area contributed by atoms with Crippen LogP contribution >= 0.6 is 23.7 Å². The third-order valence-electron chi connectivity index (χ3n) is 4.67. The molecule has 4 aromatic rings. The number of thiazole rings is 1. The lowest BCUT2D eigenvalue weighted by atomic mass is 9.98. The van der Waals surface area contributed by atoms with Gasteiger partial charge < -0.3 is 5.73 Å². The SMILES string of the molecule is Cl.Cn1cc(S(=O)(=O)Nc2cccc(-c3nc(C(C)(C)C)sc3-c3ccnc(N)n3)c2F)cn1. The zero-order valence-corrected chi connectivity index (χ0v) is 21.2. The molecule has 0 aliphatic carbocycles. The van der Waals surface area contributed by atoms with Crippen molar-refractivity contribution in [1.82, 2.24) is 24.7 Å². The maximum absolute atomic E-state index is 15.6. The van der Waals surface area contributed by atoms with E-state index in [-0.39, 0.29) is 39.9 Å². The van der Waals surface area contributed by atoms with Crippen LogP contribution in [0.2, 0.25) is 0 Å². The summed E-state index contributed by atoms with van der Waals surface area (Å²) in [6, 6.07) is 6.14. The third kappa shape index (κ3) is 5.03. The summed E-state index contributed by atoms with van der Waals surface area (Å²) >= 11 is 1.38. The maximum atomic E-state index is 15.6. The van der Waals surface area contributed by atoms with Crippen molar-refractivity contribution < 1.29 is 12.8 Å². The normalized spacial score (nSPS) is 11.8. The highest BCUT2D eigenvalue weighted by Crippen LogP contribution is 2.41. The Morgan fingerprint density at radius 1 is 1.18 bits per heavy atom. The fourth-order valence-corrected chi connectivity index (χ4v) is 5.18. The summed E-state index contributed by atoms with van der Waals surface area (Å²) in [7, 11) is -2.43. The van der Waals surface area contributed by atoms with E-state index in [4.69, 9.17) is 10.7 Å². The van der Waals surface area contributed by atoms with Crippen LogP contribution in [0.15, 0.2) is 47.8 Å². The number of aromatic nitrogens is 5. The number of benzene rings is 1. The van der Waals surface area contributed by atoms with E-state index in [9.17, 15) is 8.42 Å². The van der Waals surface area contributed by atoms with Crippen molar-refractivity contribution in [2.24, 2.45) is 7.05 Å². The molecule has 34 heavy (non-hydrogen) atoms. The lowest BCUT2D eigenvalue weighted by Gasteiger charge is -2.13. The highest BCUT2D eigenvalue weighted by molar-refractivity contribution is 7.92. The largest absolute Gasteiger partial charge is 0.368 e. The van der Waals surface area contributed by atoms with E-state index in [1.807, 2.05) is 20.8 Å². The summed E-state index contributed by atoms with van der Waals surface area (Å²) < 4.78 is 44.7. The number of hydrogen-bond acceptors (Lipinski definition) is 8. The minimum Gasteiger partial charge on any atom is -0.368 e. The number of nitrogens with two attached hydrogens (primary N) is 1. The van der Waals surface area contributed by atoms with Crippen LogP contribution in [0.5, 0.6) is 0 Å². The molecular formula is C21H23ClFN7O2S2. The van der Waals surface area contributed by atoms with Crippen LogP contribution in [0.3, 0.4) is 0 Å². The molecule has 0 spiro atoms. The zero-order valence-electron chi connectivity index (χ0n) is 18.8. The minimum absolute atomic E-state index is 0. The average Bonchev–Trinajstić information content (AvgIpc) is 3.36. The molecule has 0 saturated carbocycles. The van der Waals surface area contributed by atoms with Crippen LogP contribution in [0.25, 0.3) is 21.8 Å². The van der Waals surface area contributed by atoms with Crippen LogP contribution in [0.1, 0.15) is 25.8 Å². The summed E-state index contributed by atoms with van der Waals surface area (Å²) in [5, 5.41) is 4.63. The van der Waals surface area contributed by atoms with Crippen LogP contribution < -0.4 is 10.5 Å². The Bertz CT molecular complexity index is 1450. The fraction of sp³-hybridized carbons (Fsp3) is 0.238. The van der Waals surface area contributed by atoms with Crippen LogP contribution in [0.4, 0.5) is 16.0 Å². The van der Waals surface area contributed by atoms with Gasteiger partial charge in [0, 0.05) is 30.4 Å². The Hall–Kier alpha value is -3.09. The smallest absolute Gasteiger partial charge is 0.265 e. The molecule has 0 fully saturated rings. The molecule has 13 heteroatoms. The van der Waals surface area contributed by atoms with Gasteiger partial charge in [-0.3, -0.25) is 9.40 Å². The van der Waals surface area contributed by atoms with Gasteiger partial charge in [0.15, 0.2) is 5.82 Å². The second kappa shape index (κ2) is 9.28. The van der Waals surface area contributed by atoms with Gasteiger partial charge in [-0.05, 0) is 18.2 Å². The predicted molar refractivity (Wildman–Crippen MR) is 133 cm³/mol. The predicted octanol–water partition coefficient (Wildman–Crippen LogP) is 4.24. The third-order valence-corrected chi connectivity index (χ3v) is 7.49. The second-order valence-electron chi connectivity index (χ2n) is 8.37. The van der Waals surface area contributed by atoms with Gasteiger partial charge in [0.2, 0.25) is 5.95 Å². The Morgan fingerprint density at radius 3 is 2.53 bits per heavy atom. The molecule has 0 atom stereocenters. The number of nitrogens with one attached hydrogen (secondary N) is 1. The van der Waals surface area contributed by atoms with Crippen molar-refractivity contribution >= 4 is 45.4 Å². The molecule has 3 heterocycles. The second-order valence-corrected chi connectivity index (χ2v) is 11.1. The first-order valence-corrected chi connectivity index (χ1v) is 12.2. The summed E-state index contributed by atoms with van der Waals surface area (Å²) in [6.07, 6.45) is 4.04. The van der Waals surface area contributed by atoms with Gasteiger partial charge in [0.25, 0.3) is 10.0 Å². The molecule has 0 amide bonds. The molecule has 0 aliphatic heterocycles. The van der Waals surface area contributed by atoms with Crippen molar-refractivity contribution in [3.8, 4) is 21.8 Å². The number of nitrogen functional groups attached to an aromatic ring is 1. The van der Waals surface area contributed by atoms with Crippen LogP contribution in [-0.2, 0) is 22.5 Å². The van der Waals surface area contributed by atoms with Crippen molar-refractivity contribution in [3.05, 3.63) is 53.7 Å². The average molecular weight is 524 g/mol. The quantitative estimate of drug-likeness (QED) is 0.400. The number of aryl methyl sites for hydroxylation is 1. The molecule has 180 valence electrons. The Balaban J connectivity index is 0.00000324. The zero-order chi connectivity index (χ0) is 24.0. The number of hydrogen-bond donors (Lipinski definition) is 2. The highest BCUT2D eigenvalue weighted by atomic mass is 35.5. The number of nitrogens with zero attached hydrogens (tertiary/aromatic N) is 5. The Kier molecular flexibility index (Phi) is 6.97. The summed E-state index contributed by atoms with van der Waals surface area (Å²) in [4.78, 5) is 13.4. The van der Waals surface area contributed by atoms with Gasteiger partial charge in [0.05, 0.1) is 33.2 Å². The molecule has 4 rings (SSSR count). The van der Waals surface area contributed by atoms with Crippen molar-refractivity contribution in [3.63, 3.8) is 0 Å². The Morgan fingerprint density at radius 2 is 1.91 bits per heavy atom. The first-order chi connectivity index (χ1) is 15.5. The molecule has 9 nitrogen and oxygen atoms in total. The fourth-order valence-electron chi connectivity index (χ4n) is 3.03. The monoisotopic (exact) mass is 523 g/mol. The van der Waals surface area contributed by atoms with Crippen LogP contribution in [0, 0.1) is 5.82 Å². The highest BCUT2D eigenvalue weighted by Gasteiger charge is 2.27. The molecule has 0 bridgehead atoms. The molecule has 3 aromatic heterocycles. The van der Waals surface area contributed by atoms with Gasteiger partial charge in [-0.1, -0.05) is 26.8 Å². The van der Waals surface area contributed by atoms with E-state index in [1.54, 1.807) is 25.2 Å². The van der Waals surface area contributed by atoms with Crippen molar-refractivity contribution in [2.75, 3.05) is 10.5 Å². The minimum atomic E-state index is -4.03. The van der Waals surface area contributed by atoms with Crippen molar-refractivity contribution in [2.45, 2.75) is 31.1 Å². The summed E-state index contributed by atoms with van der Waals surface area (Å²) in [6.45, 7) is 6.01. The number of rotatable bonds is 5. The number of anilines is 2. The molecule has 0 unspecified atom stereocenters. The number of halogens is 2. The lowest BCUT2D eigenvalue weighted by Crippen LogP contribution is -2.14. The van der Waals surface area contributed by atoms with E-state index in [1.165, 1.54) is 40.7 Å². The lowest BCUT2D eigenvalue weighted by molar-refractivity contribution is 0.585. The first-order valence-electron chi connectivity index (χ1n) is 9.86. The molecule has 1 aromatic carbocycles. The van der Waals surface area contributed by atoms with Crippen molar-refractivity contribution in [1.29, 1.82) is 0 Å². The maximum Gasteiger partial charge on any atom is 0.265 e. The standard InChI is InChI=1S/C21H22FN7O2S2.ClH/c1-21(2,3)19-27-17(18(32-19)15-8-9-24-20(23)26-15)13-6-5-7-14(16(13)22)28-33(30,31)12-10-25-29(4)11-12;/h5-11,28H,1-4H3,(H2,23,24,26);1H. The molecule has 0 aliphatic rings. The van der Waals surface area contributed by atoms with E-state index in [0.29, 0.717) is 16.3 Å². The van der Waals surface area contributed by atoms with Gasteiger partial charge in [0.1, 0.15) is 4.90 Å². The summed E-state index contributed by atoms with van der Waals surface area (Å²) in [5.41, 5.74) is 6.26. The molecule has 3 N–H and O–H groups in total. The van der Waals surface area contributed by atoms with Gasteiger partial charge in [-0.15, -0.1) is 23.7 Å².